The van der Waals surface area contributed by atoms with Crippen LogP contribution in [0.4, 0.5) is 18.9 Å². The van der Waals surface area contributed by atoms with Crippen molar-refractivity contribution in [2.45, 2.75) is 32.2 Å². The molecule has 0 radical (unpaired) electrons. The van der Waals surface area contributed by atoms with Crippen molar-refractivity contribution in [3.63, 3.8) is 0 Å². The number of hydrazone groups is 1. The summed E-state index contributed by atoms with van der Waals surface area (Å²) in [7, 11) is 1.41. The summed E-state index contributed by atoms with van der Waals surface area (Å²) in [5.41, 5.74) is -1.57. The Kier molecular flexibility index (Phi) is 4.65. The molecule has 0 saturated carbocycles. The van der Waals surface area contributed by atoms with E-state index in [0.717, 1.165) is 12.1 Å². The number of methoxy groups -OCH3 is 1. The number of anilines is 1. The van der Waals surface area contributed by atoms with Crippen LogP contribution < -0.4 is 5.01 Å². The van der Waals surface area contributed by atoms with Gasteiger partial charge in [0.05, 0.1) is 17.9 Å². The molecule has 0 aliphatic carbocycles. The maximum atomic E-state index is 12.9. The molecule has 0 unspecified atom stereocenters. The van der Waals surface area contributed by atoms with E-state index in [-0.39, 0.29) is 24.4 Å². The molecule has 0 aromatic heterocycles. The zero-order valence-electron chi connectivity index (χ0n) is 13.0. The fourth-order valence-corrected chi connectivity index (χ4v) is 2.28. The molecule has 1 atom stereocenters. The lowest BCUT2D eigenvalue weighted by Gasteiger charge is -2.32. The van der Waals surface area contributed by atoms with Crippen molar-refractivity contribution in [2.75, 3.05) is 18.7 Å². The molecule has 1 aliphatic rings. The van der Waals surface area contributed by atoms with Crippen LogP contribution in [0.1, 0.15) is 25.8 Å². The molecule has 0 bridgehead atoms. The topological polar surface area (TPSA) is 51.1 Å². The van der Waals surface area contributed by atoms with Crippen molar-refractivity contribution in [1.82, 2.24) is 0 Å². The lowest BCUT2D eigenvalue weighted by atomic mass is 10.1. The summed E-state index contributed by atoms with van der Waals surface area (Å²) in [6.45, 7) is 3.49. The van der Waals surface area contributed by atoms with Crippen LogP contribution in [0.25, 0.3) is 0 Å². The summed E-state index contributed by atoms with van der Waals surface area (Å²) in [5, 5.41) is 5.38. The summed E-state index contributed by atoms with van der Waals surface area (Å²) in [5.74, 6) is -0.606. The molecule has 1 heterocycles. The van der Waals surface area contributed by atoms with E-state index < -0.39 is 23.4 Å². The van der Waals surface area contributed by atoms with Crippen molar-refractivity contribution in [3.8, 4) is 0 Å². The first-order valence-corrected chi connectivity index (χ1v) is 6.98. The Bertz CT molecular complexity index is 631. The highest BCUT2D eigenvalue weighted by Gasteiger charge is 2.43. The van der Waals surface area contributed by atoms with E-state index in [9.17, 15) is 18.0 Å². The van der Waals surface area contributed by atoms with Gasteiger partial charge in [0.1, 0.15) is 0 Å². The third-order valence-electron chi connectivity index (χ3n) is 3.53. The predicted molar refractivity (Wildman–Crippen MR) is 78.0 cm³/mol. The van der Waals surface area contributed by atoms with Gasteiger partial charge in [-0.3, -0.25) is 0 Å². The third kappa shape index (κ3) is 3.47. The van der Waals surface area contributed by atoms with Crippen molar-refractivity contribution in [1.29, 1.82) is 0 Å². The van der Waals surface area contributed by atoms with Crippen LogP contribution in [0, 0.1) is 0 Å². The number of halogens is 3. The molecule has 1 aromatic carbocycles. The molecule has 1 aromatic rings. The van der Waals surface area contributed by atoms with Gasteiger partial charge in [-0.05, 0) is 32.0 Å². The Hall–Kier alpha value is -2.09. The monoisotopic (exact) mass is 330 g/mol. The maximum Gasteiger partial charge on any atom is 0.416 e. The molecule has 8 heteroatoms. The van der Waals surface area contributed by atoms with Gasteiger partial charge in [-0.15, -0.1) is 0 Å². The summed E-state index contributed by atoms with van der Waals surface area (Å²) in [6.07, 6.45) is -4.36. The van der Waals surface area contributed by atoms with Gasteiger partial charge in [-0.1, -0.05) is 6.07 Å². The van der Waals surface area contributed by atoms with E-state index in [4.69, 9.17) is 9.47 Å². The van der Waals surface area contributed by atoms with Crippen LogP contribution in [0.3, 0.4) is 0 Å². The van der Waals surface area contributed by atoms with Gasteiger partial charge in [0.25, 0.3) is 0 Å². The summed E-state index contributed by atoms with van der Waals surface area (Å²) in [6, 6.07) is 4.70. The zero-order chi connectivity index (χ0) is 17.3. The average Bonchev–Trinajstić information content (AvgIpc) is 2.85. The number of ether oxygens (including phenoxy) is 2. The summed E-state index contributed by atoms with van der Waals surface area (Å²) >= 11 is 0. The van der Waals surface area contributed by atoms with E-state index in [2.05, 4.69) is 5.10 Å². The standard InChI is InChI=1S/C15H17F3N2O3/c1-4-23-13(21)12-9-14(2,22-3)20(19-12)11-7-5-6-10(8-11)15(16,17)18/h5-8H,4,9H2,1-3H3/t14-/m0/s1. The first kappa shape index (κ1) is 17.3. The van der Waals surface area contributed by atoms with Gasteiger partial charge in [0.2, 0.25) is 0 Å². The van der Waals surface area contributed by atoms with Gasteiger partial charge in [-0.25, -0.2) is 9.80 Å². The van der Waals surface area contributed by atoms with Gasteiger partial charge in [0.15, 0.2) is 11.4 Å². The Morgan fingerprint density at radius 2 is 2.13 bits per heavy atom. The molecule has 0 spiro atoms. The fourth-order valence-electron chi connectivity index (χ4n) is 2.28. The van der Waals surface area contributed by atoms with Gasteiger partial charge >= 0.3 is 12.1 Å². The number of rotatable bonds is 4. The quantitative estimate of drug-likeness (QED) is 0.796. The molecule has 23 heavy (non-hydrogen) atoms. The Morgan fingerprint density at radius 1 is 1.43 bits per heavy atom. The summed E-state index contributed by atoms with van der Waals surface area (Å²) < 4.78 is 48.9. The average molecular weight is 330 g/mol. The van der Waals surface area contributed by atoms with Crippen LogP contribution in [0.2, 0.25) is 0 Å². The Balaban J connectivity index is 2.41. The molecule has 126 valence electrons. The van der Waals surface area contributed by atoms with Crippen LogP contribution in [0.5, 0.6) is 0 Å². The molecule has 1 aliphatic heterocycles. The lowest BCUT2D eigenvalue weighted by Crippen LogP contribution is -2.42. The minimum atomic E-state index is -4.47. The van der Waals surface area contributed by atoms with E-state index >= 15 is 0 Å². The number of hydrogen-bond acceptors (Lipinski definition) is 5. The number of benzene rings is 1. The molecule has 5 nitrogen and oxygen atoms in total. The molecule has 0 N–H and O–H groups in total. The normalized spacial score (nSPS) is 21.3. The van der Waals surface area contributed by atoms with Gasteiger partial charge in [-0.2, -0.15) is 18.3 Å². The Morgan fingerprint density at radius 3 is 2.70 bits per heavy atom. The third-order valence-corrected chi connectivity index (χ3v) is 3.53. The largest absolute Gasteiger partial charge is 0.461 e. The second kappa shape index (κ2) is 6.19. The van der Waals surface area contributed by atoms with E-state index in [0.29, 0.717) is 0 Å². The molecular formula is C15H17F3N2O3. The Labute approximate surface area is 131 Å². The van der Waals surface area contributed by atoms with Gasteiger partial charge < -0.3 is 9.47 Å². The van der Waals surface area contributed by atoms with Crippen molar-refractivity contribution in [3.05, 3.63) is 29.8 Å². The minimum absolute atomic E-state index is 0.105. The zero-order valence-corrected chi connectivity index (χ0v) is 13.0. The molecule has 0 amide bonds. The second-order valence-corrected chi connectivity index (χ2v) is 5.18. The SMILES string of the molecule is CCOC(=O)C1=NN(c2cccc(C(F)(F)F)c2)[C@@](C)(OC)C1. The van der Waals surface area contributed by atoms with Crippen LogP contribution in [-0.4, -0.2) is 31.1 Å². The first-order chi connectivity index (χ1) is 10.7. The van der Waals surface area contributed by atoms with E-state index in [1.165, 1.54) is 24.3 Å². The highest BCUT2D eigenvalue weighted by Crippen LogP contribution is 2.37. The predicted octanol–water partition coefficient (Wildman–Crippen LogP) is 3.20. The minimum Gasteiger partial charge on any atom is -0.461 e. The molecule has 2 rings (SSSR count). The number of carbonyl (C=O) groups is 1. The highest BCUT2D eigenvalue weighted by molar-refractivity contribution is 6.37. The van der Waals surface area contributed by atoms with Crippen molar-refractivity contribution < 1.29 is 27.4 Å². The number of hydrogen-bond donors (Lipinski definition) is 0. The lowest BCUT2D eigenvalue weighted by molar-refractivity contribution is -0.137. The smallest absolute Gasteiger partial charge is 0.416 e. The maximum absolute atomic E-state index is 12.9. The number of nitrogens with zero attached hydrogens (tertiary/aromatic N) is 2. The van der Waals surface area contributed by atoms with Crippen LogP contribution >= 0.6 is 0 Å². The highest BCUT2D eigenvalue weighted by atomic mass is 19.4. The van der Waals surface area contributed by atoms with Crippen molar-refractivity contribution in [2.24, 2.45) is 5.10 Å². The fraction of sp³-hybridized carbons (Fsp3) is 0.467. The molecule has 0 saturated heterocycles. The molecule has 0 fully saturated rings. The second-order valence-electron chi connectivity index (χ2n) is 5.18. The first-order valence-electron chi connectivity index (χ1n) is 6.98. The van der Waals surface area contributed by atoms with E-state index in [1.54, 1.807) is 13.8 Å². The van der Waals surface area contributed by atoms with Gasteiger partial charge in [0, 0.05) is 13.5 Å². The van der Waals surface area contributed by atoms with Crippen LogP contribution in [0.15, 0.2) is 29.4 Å². The van der Waals surface area contributed by atoms with Crippen molar-refractivity contribution >= 4 is 17.4 Å². The summed E-state index contributed by atoms with van der Waals surface area (Å²) in [4.78, 5) is 11.8. The number of esters is 1. The van der Waals surface area contributed by atoms with E-state index in [1.807, 2.05) is 0 Å². The van der Waals surface area contributed by atoms with Crippen LogP contribution in [-0.2, 0) is 20.4 Å². The number of carbonyl (C=O) groups excluding carboxylic acids is 1. The molecular weight excluding hydrogens is 313 g/mol. The number of alkyl halides is 3.